The van der Waals surface area contributed by atoms with Gasteiger partial charge in [0.25, 0.3) is 0 Å². The first-order valence-corrected chi connectivity index (χ1v) is 9.09. The Balaban J connectivity index is 2.13. The smallest absolute Gasteiger partial charge is 0.241 e. The summed E-state index contributed by atoms with van der Waals surface area (Å²) >= 11 is 0. The second kappa shape index (κ2) is 7.13. The molecule has 1 saturated heterocycles. The average molecular weight is 294 g/mol. The maximum atomic E-state index is 12.9. The first-order valence-electron chi connectivity index (χ1n) is 9.09. The molecule has 1 aliphatic heterocycles. The third-order valence-electron chi connectivity index (χ3n) is 5.77. The van der Waals surface area contributed by atoms with E-state index in [2.05, 4.69) is 44.8 Å². The van der Waals surface area contributed by atoms with Crippen LogP contribution in [0.2, 0.25) is 0 Å². The van der Waals surface area contributed by atoms with Crippen LogP contribution in [0.5, 0.6) is 0 Å². The second-order valence-corrected chi connectivity index (χ2v) is 7.47. The zero-order chi connectivity index (χ0) is 15.6. The van der Waals surface area contributed by atoms with Crippen LogP contribution in [-0.4, -0.2) is 29.1 Å². The van der Waals surface area contributed by atoms with E-state index in [0.29, 0.717) is 23.8 Å². The van der Waals surface area contributed by atoms with Crippen molar-refractivity contribution >= 4 is 5.91 Å². The highest BCUT2D eigenvalue weighted by Gasteiger charge is 2.47. The summed E-state index contributed by atoms with van der Waals surface area (Å²) in [7, 11) is 0. The fraction of sp³-hybridized carbons (Fsp3) is 0.944. The van der Waals surface area contributed by atoms with Crippen molar-refractivity contribution in [3.05, 3.63) is 0 Å². The number of rotatable bonds is 6. The molecule has 1 heterocycles. The molecule has 2 aliphatic rings. The summed E-state index contributed by atoms with van der Waals surface area (Å²) < 4.78 is 0. The van der Waals surface area contributed by atoms with E-state index in [9.17, 15) is 4.79 Å². The molecule has 3 heteroatoms. The summed E-state index contributed by atoms with van der Waals surface area (Å²) in [6.45, 7) is 11.3. The van der Waals surface area contributed by atoms with E-state index < -0.39 is 0 Å². The molecule has 0 spiro atoms. The third kappa shape index (κ3) is 3.28. The molecule has 122 valence electrons. The van der Waals surface area contributed by atoms with E-state index >= 15 is 0 Å². The maximum Gasteiger partial charge on any atom is 0.241 e. The quantitative estimate of drug-likeness (QED) is 0.808. The summed E-state index contributed by atoms with van der Waals surface area (Å²) in [6, 6.07) is 0.513. The summed E-state index contributed by atoms with van der Waals surface area (Å²) in [5.74, 6) is 2.29. The Labute approximate surface area is 130 Å². The molecule has 0 aromatic carbocycles. The zero-order valence-corrected chi connectivity index (χ0v) is 14.6. The van der Waals surface area contributed by atoms with Gasteiger partial charge in [0.15, 0.2) is 0 Å². The van der Waals surface area contributed by atoms with Crippen LogP contribution in [0.4, 0.5) is 0 Å². The van der Waals surface area contributed by atoms with Gasteiger partial charge in [-0.3, -0.25) is 10.1 Å². The van der Waals surface area contributed by atoms with Gasteiger partial charge in [0.1, 0.15) is 0 Å². The van der Waals surface area contributed by atoms with E-state index in [1.807, 2.05) is 0 Å². The van der Waals surface area contributed by atoms with E-state index in [1.54, 1.807) is 0 Å². The van der Waals surface area contributed by atoms with Gasteiger partial charge in [-0.2, -0.15) is 0 Å². The molecule has 0 radical (unpaired) electrons. The monoisotopic (exact) mass is 294 g/mol. The molecule has 1 amide bonds. The van der Waals surface area contributed by atoms with Crippen molar-refractivity contribution in [2.45, 2.75) is 91.4 Å². The molecule has 5 unspecified atom stereocenters. The lowest BCUT2D eigenvalue weighted by molar-refractivity contribution is -0.133. The molecular weight excluding hydrogens is 260 g/mol. The maximum absolute atomic E-state index is 12.9. The van der Waals surface area contributed by atoms with Crippen molar-refractivity contribution in [2.75, 3.05) is 0 Å². The molecule has 21 heavy (non-hydrogen) atoms. The highest BCUT2D eigenvalue weighted by atomic mass is 16.2. The minimum absolute atomic E-state index is 0.0604. The first-order chi connectivity index (χ1) is 10.0. The lowest BCUT2D eigenvalue weighted by Gasteiger charge is -2.35. The van der Waals surface area contributed by atoms with Gasteiger partial charge in [-0.05, 0) is 37.0 Å². The minimum Gasteiger partial charge on any atom is -0.322 e. The Hall–Kier alpha value is -0.570. The van der Waals surface area contributed by atoms with Gasteiger partial charge in [-0.25, -0.2) is 0 Å². The van der Waals surface area contributed by atoms with E-state index in [0.717, 1.165) is 25.2 Å². The molecule has 2 fully saturated rings. The van der Waals surface area contributed by atoms with Gasteiger partial charge >= 0.3 is 0 Å². The Kier molecular flexibility index (Phi) is 5.70. The number of hydrogen-bond acceptors (Lipinski definition) is 2. The largest absolute Gasteiger partial charge is 0.322 e. The fourth-order valence-corrected chi connectivity index (χ4v) is 4.37. The highest BCUT2D eigenvalue weighted by molar-refractivity contribution is 5.84. The Morgan fingerprint density at radius 1 is 1.29 bits per heavy atom. The van der Waals surface area contributed by atoms with Gasteiger partial charge in [0, 0.05) is 6.04 Å². The van der Waals surface area contributed by atoms with Crippen molar-refractivity contribution in [3.63, 3.8) is 0 Å². The molecule has 1 aliphatic carbocycles. The van der Waals surface area contributed by atoms with Crippen molar-refractivity contribution in [2.24, 2.45) is 17.8 Å². The number of unbranched alkanes of at least 4 members (excludes halogenated alkanes) is 1. The second-order valence-electron chi connectivity index (χ2n) is 7.47. The zero-order valence-electron chi connectivity index (χ0n) is 14.6. The van der Waals surface area contributed by atoms with Gasteiger partial charge in [0.2, 0.25) is 5.91 Å². The van der Waals surface area contributed by atoms with Crippen LogP contribution in [0.3, 0.4) is 0 Å². The third-order valence-corrected chi connectivity index (χ3v) is 5.77. The molecule has 1 saturated carbocycles. The number of nitrogens with one attached hydrogen (secondary N) is 1. The standard InChI is InChI=1S/C18H34N2O/c1-6-8-9-15-18(21)20(17(19-15)12(3)4)16-11-10-14(7-2)13(16)5/h12-17,19H,6-11H2,1-5H3. The van der Waals surface area contributed by atoms with E-state index in [4.69, 9.17) is 0 Å². The summed E-state index contributed by atoms with van der Waals surface area (Å²) in [4.78, 5) is 15.2. The van der Waals surface area contributed by atoms with E-state index in [-0.39, 0.29) is 12.2 Å². The number of nitrogens with zero attached hydrogens (tertiary/aromatic N) is 1. The SMILES string of the molecule is CCCCC1NC(C(C)C)N(C2CCC(CC)C2C)C1=O. The van der Waals surface area contributed by atoms with Crippen molar-refractivity contribution < 1.29 is 4.79 Å². The molecule has 1 N–H and O–H groups in total. The lowest BCUT2D eigenvalue weighted by atomic mass is 9.92. The van der Waals surface area contributed by atoms with Gasteiger partial charge < -0.3 is 4.90 Å². The fourth-order valence-electron chi connectivity index (χ4n) is 4.37. The first kappa shape index (κ1) is 16.8. The molecule has 2 rings (SSSR count). The normalized spacial score (nSPS) is 37.0. The Morgan fingerprint density at radius 2 is 2.00 bits per heavy atom. The molecule has 3 nitrogen and oxygen atoms in total. The lowest BCUT2D eigenvalue weighted by Crippen LogP contribution is -2.48. The number of carbonyl (C=O) groups is 1. The number of carbonyl (C=O) groups excluding carboxylic acids is 1. The van der Waals surface area contributed by atoms with Gasteiger partial charge in [-0.15, -0.1) is 0 Å². The van der Waals surface area contributed by atoms with Crippen molar-refractivity contribution in [3.8, 4) is 0 Å². The van der Waals surface area contributed by atoms with Crippen LogP contribution in [0.1, 0.15) is 73.1 Å². The molecular formula is C18H34N2O. The topological polar surface area (TPSA) is 32.3 Å². The minimum atomic E-state index is 0.0604. The average Bonchev–Trinajstić information content (AvgIpc) is 2.97. The van der Waals surface area contributed by atoms with Gasteiger partial charge in [-0.1, -0.05) is 53.9 Å². The van der Waals surface area contributed by atoms with Crippen molar-refractivity contribution in [1.29, 1.82) is 0 Å². The summed E-state index contributed by atoms with van der Waals surface area (Å²) in [5.41, 5.74) is 0. The molecule has 0 aromatic rings. The number of hydrogen-bond donors (Lipinski definition) is 1. The summed E-state index contributed by atoms with van der Waals surface area (Å²) in [6.07, 6.45) is 7.26. The van der Waals surface area contributed by atoms with Crippen LogP contribution in [-0.2, 0) is 4.79 Å². The molecule has 5 atom stereocenters. The predicted octanol–water partition coefficient (Wildman–Crippen LogP) is 3.78. The highest BCUT2D eigenvalue weighted by Crippen LogP contribution is 2.39. The van der Waals surface area contributed by atoms with Gasteiger partial charge in [0.05, 0.1) is 12.2 Å². The molecule has 0 aromatic heterocycles. The number of amides is 1. The summed E-state index contributed by atoms with van der Waals surface area (Å²) in [5, 5.41) is 3.63. The van der Waals surface area contributed by atoms with Crippen LogP contribution in [0.15, 0.2) is 0 Å². The van der Waals surface area contributed by atoms with Crippen molar-refractivity contribution in [1.82, 2.24) is 10.2 Å². The van der Waals surface area contributed by atoms with Crippen LogP contribution < -0.4 is 5.32 Å². The van der Waals surface area contributed by atoms with Crippen LogP contribution in [0.25, 0.3) is 0 Å². The van der Waals surface area contributed by atoms with E-state index in [1.165, 1.54) is 19.3 Å². The van der Waals surface area contributed by atoms with Crippen LogP contribution in [0, 0.1) is 17.8 Å². The Bertz CT molecular complexity index is 355. The van der Waals surface area contributed by atoms with Crippen LogP contribution >= 0.6 is 0 Å². The predicted molar refractivity (Wildman–Crippen MR) is 87.9 cm³/mol. The Morgan fingerprint density at radius 3 is 2.52 bits per heavy atom. The molecule has 0 bridgehead atoms.